The van der Waals surface area contributed by atoms with E-state index in [0.29, 0.717) is 24.3 Å². The van der Waals surface area contributed by atoms with Crippen LogP contribution >= 0.6 is 0 Å². The van der Waals surface area contributed by atoms with Crippen LogP contribution in [-0.4, -0.2) is 46.8 Å². The minimum absolute atomic E-state index is 0.0475. The van der Waals surface area contributed by atoms with Crippen LogP contribution in [0, 0.1) is 5.92 Å². The Morgan fingerprint density at radius 1 is 1.26 bits per heavy atom. The molecule has 1 fully saturated rings. The average molecular weight is 392 g/mol. The molecule has 2 unspecified atom stereocenters. The molecular formula is C17H24N6O3S. The Morgan fingerprint density at radius 2 is 2.00 bits per heavy atom. The van der Waals surface area contributed by atoms with Crippen molar-refractivity contribution in [3.63, 3.8) is 0 Å². The smallest absolute Gasteiger partial charge is 0.249 e. The number of carbonyl (C=O) groups is 1. The van der Waals surface area contributed by atoms with Gasteiger partial charge in [0, 0.05) is 12.2 Å². The van der Waals surface area contributed by atoms with Crippen LogP contribution in [0.4, 0.5) is 11.4 Å². The molecule has 1 aliphatic rings. The third kappa shape index (κ3) is 4.26. The van der Waals surface area contributed by atoms with E-state index < -0.39 is 16.1 Å². The zero-order chi connectivity index (χ0) is 19.4. The van der Waals surface area contributed by atoms with Crippen molar-refractivity contribution in [1.82, 2.24) is 20.2 Å². The molecule has 0 bridgehead atoms. The highest BCUT2D eigenvalue weighted by Crippen LogP contribution is 2.26. The zero-order valence-electron chi connectivity index (χ0n) is 15.4. The molecule has 0 radical (unpaired) electrons. The van der Waals surface area contributed by atoms with E-state index in [1.54, 1.807) is 24.3 Å². The third-order valence-corrected chi connectivity index (χ3v) is 6.74. The standard InChI is InChI=1S/C17H24N6O3S/c1-3-13(2)16(22-12-18-20-21-22)17(24)19-14-6-8-15(9-7-14)23-10-4-5-11-27(23,25)26/h6-9,12-13,16H,3-5,10-11H2,1-2H3,(H,19,24). The molecule has 1 aromatic carbocycles. The van der Waals surface area contributed by atoms with Crippen LogP contribution in [0.5, 0.6) is 0 Å². The number of sulfonamides is 1. The molecule has 9 nitrogen and oxygen atoms in total. The van der Waals surface area contributed by atoms with Gasteiger partial charge in [0.1, 0.15) is 12.4 Å². The first kappa shape index (κ1) is 19.3. The first-order valence-electron chi connectivity index (χ1n) is 9.06. The molecule has 0 saturated carbocycles. The molecule has 0 spiro atoms. The number of hydrogen-bond acceptors (Lipinski definition) is 6. The number of tetrazole rings is 1. The van der Waals surface area contributed by atoms with Gasteiger partial charge >= 0.3 is 0 Å². The highest BCUT2D eigenvalue weighted by atomic mass is 32.2. The van der Waals surface area contributed by atoms with Gasteiger partial charge in [-0.05, 0) is 53.5 Å². The summed E-state index contributed by atoms with van der Waals surface area (Å²) in [6.07, 6.45) is 3.77. The van der Waals surface area contributed by atoms with E-state index in [1.807, 2.05) is 13.8 Å². The second-order valence-electron chi connectivity index (χ2n) is 6.75. The van der Waals surface area contributed by atoms with Gasteiger partial charge in [0.15, 0.2) is 0 Å². The largest absolute Gasteiger partial charge is 0.324 e. The summed E-state index contributed by atoms with van der Waals surface area (Å²) in [5.74, 6) is 0.00912. The second-order valence-corrected chi connectivity index (χ2v) is 8.76. The zero-order valence-corrected chi connectivity index (χ0v) is 16.3. The second kappa shape index (κ2) is 8.03. The molecule has 1 aliphatic heterocycles. The molecular weight excluding hydrogens is 368 g/mol. The van der Waals surface area contributed by atoms with E-state index in [1.165, 1.54) is 15.3 Å². The molecule has 0 aliphatic carbocycles. The van der Waals surface area contributed by atoms with Crippen molar-refractivity contribution in [3.8, 4) is 0 Å². The summed E-state index contributed by atoms with van der Waals surface area (Å²) in [5.41, 5.74) is 1.21. The summed E-state index contributed by atoms with van der Waals surface area (Å²) in [5, 5.41) is 14.0. The van der Waals surface area contributed by atoms with Crippen molar-refractivity contribution in [2.24, 2.45) is 5.92 Å². The molecule has 10 heteroatoms. The molecule has 2 heterocycles. The van der Waals surface area contributed by atoms with E-state index in [9.17, 15) is 13.2 Å². The number of benzene rings is 1. The molecule has 1 amide bonds. The number of nitrogens with one attached hydrogen (secondary N) is 1. The first-order chi connectivity index (χ1) is 12.9. The lowest BCUT2D eigenvalue weighted by Crippen LogP contribution is -2.37. The van der Waals surface area contributed by atoms with Crippen LogP contribution in [0.2, 0.25) is 0 Å². The van der Waals surface area contributed by atoms with Gasteiger partial charge in [-0.1, -0.05) is 20.3 Å². The van der Waals surface area contributed by atoms with Gasteiger partial charge in [0.2, 0.25) is 15.9 Å². The predicted molar refractivity (Wildman–Crippen MR) is 102 cm³/mol. The number of carbonyl (C=O) groups excluding carboxylic acids is 1. The predicted octanol–water partition coefficient (Wildman–Crippen LogP) is 1.83. The fourth-order valence-electron chi connectivity index (χ4n) is 3.16. The Labute approximate surface area is 158 Å². The summed E-state index contributed by atoms with van der Waals surface area (Å²) in [6.45, 7) is 4.46. The normalized spacial score (nSPS) is 18.7. The van der Waals surface area contributed by atoms with Crippen LogP contribution in [0.3, 0.4) is 0 Å². The first-order valence-corrected chi connectivity index (χ1v) is 10.7. The van der Waals surface area contributed by atoms with Crippen molar-refractivity contribution in [1.29, 1.82) is 0 Å². The van der Waals surface area contributed by atoms with Crippen molar-refractivity contribution < 1.29 is 13.2 Å². The van der Waals surface area contributed by atoms with Gasteiger partial charge in [-0.15, -0.1) is 5.10 Å². The highest BCUT2D eigenvalue weighted by molar-refractivity contribution is 7.92. The summed E-state index contributed by atoms with van der Waals surface area (Å²) < 4.78 is 27.3. The maximum absolute atomic E-state index is 12.8. The van der Waals surface area contributed by atoms with E-state index in [-0.39, 0.29) is 17.6 Å². The molecule has 1 aromatic heterocycles. The molecule has 2 atom stereocenters. The lowest BCUT2D eigenvalue weighted by Gasteiger charge is -2.28. The monoisotopic (exact) mass is 392 g/mol. The molecule has 3 rings (SSSR count). The molecule has 146 valence electrons. The van der Waals surface area contributed by atoms with Crippen LogP contribution in [-0.2, 0) is 14.8 Å². The third-order valence-electron chi connectivity index (χ3n) is 4.87. The van der Waals surface area contributed by atoms with Crippen LogP contribution in [0.1, 0.15) is 39.2 Å². The quantitative estimate of drug-likeness (QED) is 0.803. The number of aromatic nitrogens is 4. The van der Waals surface area contributed by atoms with E-state index in [0.717, 1.165) is 12.8 Å². The maximum Gasteiger partial charge on any atom is 0.249 e. The average Bonchev–Trinajstić information content (AvgIpc) is 3.16. The van der Waals surface area contributed by atoms with E-state index >= 15 is 0 Å². The Bertz CT molecular complexity index is 867. The fraction of sp³-hybridized carbons (Fsp3) is 0.529. The van der Waals surface area contributed by atoms with Crippen LogP contribution in [0.15, 0.2) is 30.6 Å². The van der Waals surface area contributed by atoms with Crippen molar-refractivity contribution in [3.05, 3.63) is 30.6 Å². The molecule has 27 heavy (non-hydrogen) atoms. The lowest BCUT2D eigenvalue weighted by atomic mass is 9.98. The minimum atomic E-state index is -3.25. The van der Waals surface area contributed by atoms with E-state index in [4.69, 9.17) is 0 Å². The van der Waals surface area contributed by atoms with Gasteiger partial charge in [0.25, 0.3) is 0 Å². The van der Waals surface area contributed by atoms with E-state index in [2.05, 4.69) is 20.8 Å². The van der Waals surface area contributed by atoms with Gasteiger partial charge in [-0.2, -0.15) is 0 Å². The summed E-state index contributed by atoms with van der Waals surface area (Å²) in [7, 11) is -3.25. The fourth-order valence-corrected chi connectivity index (χ4v) is 4.80. The minimum Gasteiger partial charge on any atom is -0.324 e. The van der Waals surface area contributed by atoms with Crippen molar-refractivity contribution in [2.75, 3.05) is 21.9 Å². The number of nitrogens with zero attached hydrogens (tertiary/aromatic N) is 5. The number of rotatable bonds is 6. The Balaban J connectivity index is 1.74. The van der Waals surface area contributed by atoms with Gasteiger partial charge in [-0.3, -0.25) is 9.10 Å². The highest BCUT2D eigenvalue weighted by Gasteiger charge is 2.28. The number of hydrogen-bond donors (Lipinski definition) is 1. The molecule has 2 aromatic rings. The molecule has 1 saturated heterocycles. The Kier molecular flexibility index (Phi) is 5.73. The van der Waals surface area contributed by atoms with Gasteiger partial charge < -0.3 is 5.32 Å². The lowest BCUT2D eigenvalue weighted by molar-refractivity contribution is -0.121. The van der Waals surface area contributed by atoms with Crippen LogP contribution < -0.4 is 9.62 Å². The SMILES string of the molecule is CCC(C)C(C(=O)Nc1ccc(N2CCCCS2(=O)=O)cc1)n1cnnn1. The topological polar surface area (TPSA) is 110 Å². The van der Waals surface area contributed by atoms with Crippen molar-refractivity contribution >= 4 is 27.3 Å². The summed E-state index contributed by atoms with van der Waals surface area (Å²) >= 11 is 0. The summed E-state index contributed by atoms with van der Waals surface area (Å²) in [4.78, 5) is 12.8. The summed E-state index contributed by atoms with van der Waals surface area (Å²) in [6, 6.07) is 6.34. The Morgan fingerprint density at radius 3 is 2.59 bits per heavy atom. The molecule has 1 N–H and O–H groups in total. The van der Waals surface area contributed by atoms with Crippen LogP contribution in [0.25, 0.3) is 0 Å². The number of anilines is 2. The maximum atomic E-state index is 12.8. The van der Waals surface area contributed by atoms with Gasteiger partial charge in [0.05, 0.1) is 11.4 Å². The van der Waals surface area contributed by atoms with Gasteiger partial charge in [-0.25, -0.2) is 13.1 Å². The Hall–Kier alpha value is -2.49. The van der Waals surface area contributed by atoms with Crippen molar-refractivity contribution in [2.45, 2.75) is 39.2 Å². The number of amides is 1.